The van der Waals surface area contributed by atoms with Gasteiger partial charge in [0.25, 0.3) is 0 Å². The van der Waals surface area contributed by atoms with Crippen molar-refractivity contribution in [1.82, 2.24) is 9.80 Å². The first kappa shape index (κ1) is 16.0. The van der Waals surface area contributed by atoms with Gasteiger partial charge in [-0.25, -0.2) is 0 Å². The number of esters is 1. The van der Waals surface area contributed by atoms with E-state index in [2.05, 4.69) is 6.92 Å². The summed E-state index contributed by atoms with van der Waals surface area (Å²) in [5, 5.41) is 0. The van der Waals surface area contributed by atoms with Crippen LogP contribution in [0.25, 0.3) is 0 Å². The minimum atomic E-state index is -0.200. The van der Waals surface area contributed by atoms with Crippen molar-refractivity contribution in [2.45, 2.75) is 33.1 Å². The zero-order valence-corrected chi connectivity index (χ0v) is 12.4. The molecule has 0 saturated carbocycles. The summed E-state index contributed by atoms with van der Waals surface area (Å²) in [4.78, 5) is 27.1. The van der Waals surface area contributed by atoms with Gasteiger partial charge in [-0.15, -0.1) is 0 Å². The van der Waals surface area contributed by atoms with Crippen LogP contribution in [-0.2, 0) is 14.3 Å². The lowest BCUT2D eigenvalue weighted by molar-refractivity contribution is -0.144. The lowest BCUT2D eigenvalue weighted by Crippen LogP contribution is -2.43. The van der Waals surface area contributed by atoms with E-state index >= 15 is 0 Å². The Hall–Kier alpha value is -1.10. The monoisotopic (exact) mass is 270 g/mol. The van der Waals surface area contributed by atoms with Crippen LogP contribution in [0.2, 0.25) is 0 Å². The van der Waals surface area contributed by atoms with Gasteiger partial charge >= 0.3 is 5.97 Å². The Morgan fingerprint density at radius 1 is 1.32 bits per heavy atom. The molecule has 0 aliphatic carbocycles. The van der Waals surface area contributed by atoms with Crippen LogP contribution in [0, 0.1) is 5.92 Å². The Labute approximate surface area is 115 Å². The van der Waals surface area contributed by atoms with Crippen LogP contribution in [0.3, 0.4) is 0 Å². The van der Waals surface area contributed by atoms with Gasteiger partial charge in [0, 0.05) is 19.6 Å². The summed E-state index contributed by atoms with van der Waals surface area (Å²) in [5.74, 6) is 0.692. The maximum atomic E-state index is 12.1. The number of rotatable bonds is 6. The molecule has 0 aromatic carbocycles. The third-order valence-corrected chi connectivity index (χ3v) is 3.54. The molecular weight excluding hydrogens is 244 g/mol. The third-order valence-electron chi connectivity index (χ3n) is 3.54. The molecule has 0 atom stereocenters. The molecule has 5 nitrogen and oxygen atoms in total. The average Bonchev–Trinajstić information content (AvgIpc) is 2.37. The second kappa shape index (κ2) is 8.15. The molecule has 1 saturated heterocycles. The van der Waals surface area contributed by atoms with E-state index in [9.17, 15) is 9.59 Å². The first-order valence-corrected chi connectivity index (χ1v) is 7.14. The van der Waals surface area contributed by atoms with Crippen LogP contribution < -0.4 is 0 Å². The van der Waals surface area contributed by atoms with Crippen LogP contribution in [0.4, 0.5) is 0 Å². The van der Waals surface area contributed by atoms with Gasteiger partial charge in [-0.2, -0.15) is 0 Å². The van der Waals surface area contributed by atoms with Crippen molar-refractivity contribution in [2.24, 2.45) is 5.92 Å². The molecule has 1 amide bonds. The summed E-state index contributed by atoms with van der Waals surface area (Å²) >= 11 is 0. The first-order chi connectivity index (χ1) is 9.02. The fraction of sp³-hybridized carbons (Fsp3) is 0.857. The molecule has 110 valence electrons. The number of likely N-dealkylation sites (N-methyl/N-ethyl adjacent to an activating group) is 1. The molecule has 0 aromatic rings. The van der Waals surface area contributed by atoms with E-state index in [1.54, 1.807) is 6.92 Å². The van der Waals surface area contributed by atoms with Gasteiger partial charge in [0.2, 0.25) is 5.91 Å². The quantitative estimate of drug-likeness (QED) is 0.679. The van der Waals surface area contributed by atoms with Crippen LogP contribution in [-0.4, -0.2) is 61.5 Å². The largest absolute Gasteiger partial charge is 0.466 e. The Morgan fingerprint density at radius 3 is 2.53 bits per heavy atom. The van der Waals surface area contributed by atoms with Gasteiger partial charge in [0.1, 0.15) is 0 Å². The SMILES string of the molecule is CCOC(=O)CCN(C)CC(=O)N1CCC(C)CC1. The number of hydrogen-bond donors (Lipinski definition) is 0. The first-order valence-electron chi connectivity index (χ1n) is 7.14. The second-order valence-electron chi connectivity index (χ2n) is 5.36. The number of carbonyl (C=O) groups is 2. The van der Waals surface area contributed by atoms with Crippen molar-refractivity contribution in [1.29, 1.82) is 0 Å². The molecule has 1 aliphatic heterocycles. The predicted molar refractivity (Wildman–Crippen MR) is 73.7 cm³/mol. The number of likely N-dealkylation sites (tertiary alicyclic amines) is 1. The number of ether oxygens (including phenoxy) is 1. The summed E-state index contributed by atoms with van der Waals surface area (Å²) < 4.78 is 4.86. The molecule has 5 heteroatoms. The Kier molecular flexibility index (Phi) is 6.84. The molecule has 0 N–H and O–H groups in total. The van der Waals surface area contributed by atoms with E-state index in [0.29, 0.717) is 26.1 Å². The molecule has 1 heterocycles. The summed E-state index contributed by atoms with van der Waals surface area (Å²) in [6.45, 7) is 7.11. The Morgan fingerprint density at radius 2 is 1.95 bits per heavy atom. The smallest absolute Gasteiger partial charge is 0.307 e. The molecule has 1 aliphatic rings. The molecule has 0 spiro atoms. The van der Waals surface area contributed by atoms with Crippen molar-refractivity contribution in [3.8, 4) is 0 Å². The molecule has 0 unspecified atom stereocenters. The highest BCUT2D eigenvalue weighted by Gasteiger charge is 2.21. The van der Waals surface area contributed by atoms with Gasteiger partial charge < -0.3 is 9.64 Å². The van der Waals surface area contributed by atoms with Crippen molar-refractivity contribution >= 4 is 11.9 Å². The van der Waals surface area contributed by atoms with Gasteiger partial charge in [0.05, 0.1) is 19.6 Å². The van der Waals surface area contributed by atoms with Crippen LogP contribution >= 0.6 is 0 Å². The van der Waals surface area contributed by atoms with E-state index in [-0.39, 0.29) is 11.9 Å². The highest BCUT2D eigenvalue weighted by atomic mass is 16.5. The third kappa shape index (κ3) is 6.05. The van der Waals surface area contributed by atoms with Gasteiger partial charge in [0.15, 0.2) is 0 Å². The fourth-order valence-corrected chi connectivity index (χ4v) is 2.18. The number of carbonyl (C=O) groups excluding carboxylic acids is 2. The number of nitrogens with zero attached hydrogens (tertiary/aromatic N) is 2. The second-order valence-corrected chi connectivity index (χ2v) is 5.36. The maximum absolute atomic E-state index is 12.1. The van der Waals surface area contributed by atoms with Crippen molar-refractivity contribution in [3.05, 3.63) is 0 Å². The number of amides is 1. The van der Waals surface area contributed by atoms with E-state index in [1.165, 1.54) is 0 Å². The zero-order chi connectivity index (χ0) is 14.3. The normalized spacial score (nSPS) is 16.7. The van der Waals surface area contributed by atoms with Gasteiger partial charge in [-0.05, 0) is 32.7 Å². The standard InChI is InChI=1S/C14H26N2O3/c1-4-19-14(18)7-8-15(3)11-13(17)16-9-5-12(2)6-10-16/h12H,4-11H2,1-3H3. The van der Waals surface area contributed by atoms with Crippen molar-refractivity contribution in [2.75, 3.05) is 39.8 Å². The van der Waals surface area contributed by atoms with Gasteiger partial charge in [-0.1, -0.05) is 6.92 Å². The summed E-state index contributed by atoms with van der Waals surface area (Å²) in [7, 11) is 1.86. The molecular formula is C14H26N2O3. The Balaban J connectivity index is 2.22. The topological polar surface area (TPSA) is 49.9 Å². The van der Waals surface area contributed by atoms with Crippen LogP contribution in [0.1, 0.15) is 33.1 Å². The molecule has 1 fully saturated rings. The summed E-state index contributed by atoms with van der Waals surface area (Å²) in [5.41, 5.74) is 0. The maximum Gasteiger partial charge on any atom is 0.307 e. The lowest BCUT2D eigenvalue weighted by Gasteiger charge is -2.31. The summed E-state index contributed by atoms with van der Waals surface area (Å²) in [6.07, 6.45) is 2.53. The van der Waals surface area contributed by atoms with E-state index < -0.39 is 0 Å². The minimum absolute atomic E-state index is 0.165. The summed E-state index contributed by atoms with van der Waals surface area (Å²) in [6, 6.07) is 0. The van der Waals surface area contributed by atoms with E-state index in [4.69, 9.17) is 4.74 Å². The minimum Gasteiger partial charge on any atom is -0.466 e. The van der Waals surface area contributed by atoms with Crippen molar-refractivity contribution in [3.63, 3.8) is 0 Å². The Bertz CT molecular complexity index is 299. The number of hydrogen-bond acceptors (Lipinski definition) is 4. The fourth-order valence-electron chi connectivity index (χ4n) is 2.18. The predicted octanol–water partition coefficient (Wildman–Crippen LogP) is 1.13. The highest BCUT2D eigenvalue weighted by molar-refractivity contribution is 5.78. The average molecular weight is 270 g/mol. The zero-order valence-electron chi connectivity index (χ0n) is 12.4. The lowest BCUT2D eigenvalue weighted by atomic mass is 9.99. The molecule has 19 heavy (non-hydrogen) atoms. The van der Waals surface area contributed by atoms with Crippen LogP contribution in [0.15, 0.2) is 0 Å². The molecule has 0 aromatic heterocycles. The van der Waals surface area contributed by atoms with E-state index in [0.717, 1.165) is 31.8 Å². The van der Waals surface area contributed by atoms with Crippen LogP contribution in [0.5, 0.6) is 0 Å². The van der Waals surface area contributed by atoms with Gasteiger partial charge in [-0.3, -0.25) is 14.5 Å². The number of piperidine rings is 1. The molecule has 0 bridgehead atoms. The highest BCUT2D eigenvalue weighted by Crippen LogP contribution is 2.15. The van der Waals surface area contributed by atoms with Crippen molar-refractivity contribution < 1.29 is 14.3 Å². The molecule has 1 rings (SSSR count). The molecule has 0 radical (unpaired) electrons. The van der Waals surface area contributed by atoms with E-state index in [1.807, 2.05) is 16.8 Å².